The van der Waals surface area contributed by atoms with Crippen molar-refractivity contribution >= 4 is 10.9 Å². The van der Waals surface area contributed by atoms with Crippen molar-refractivity contribution in [3.05, 3.63) is 65.4 Å². The Morgan fingerprint density at radius 2 is 1.91 bits per heavy atom. The minimum atomic E-state index is -1.14. The molecule has 0 amide bonds. The van der Waals surface area contributed by atoms with Crippen molar-refractivity contribution in [2.45, 2.75) is 26.5 Å². The zero-order valence-corrected chi connectivity index (χ0v) is 13.0. The quantitative estimate of drug-likeness (QED) is 0.788. The molecule has 5 heteroatoms. The molecular weight excluding hydrogens is 298 g/mol. The van der Waals surface area contributed by atoms with E-state index < -0.39 is 17.7 Å². The molecule has 23 heavy (non-hydrogen) atoms. The van der Waals surface area contributed by atoms with E-state index >= 15 is 0 Å². The van der Waals surface area contributed by atoms with E-state index in [1.165, 1.54) is 6.07 Å². The summed E-state index contributed by atoms with van der Waals surface area (Å²) in [7, 11) is 0. The number of aliphatic hydroxyl groups is 1. The molecule has 3 aromatic rings. The van der Waals surface area contributed by atoms with Crippen molar-refractivity contribution in [3.8, 4) is 0 Å². The third-order valence-electron chi connectivity index (χ3n) is 3.78. The lowest BCUT2D eigenvalue weighted by molar-refractivity contribution is 0.215. The Morgan fingerprint density at radius 1 is 1.13 bits per heavy atom. The van der Waals surface area contributed by atoms with Gasteiger partial charge in [0.25, 0.3) is 0 Å². The number of benzene rings is 2. The summed E-state index contributed by atoms with van der Waals surface area (Å²) in [4.78, 5) is 0. The summed E-state index contributed by atoms with van der Waals surface area (Å²) in [5, 5.41) is 15.6. The first-order valence-corrected chi connectivity index (χ1v) is 7.54. The smallest absolute Gasteiger partial charge is 0.132 e. The Balaban J connectivity index is 1.97. The van der Waals surface area contributed by atoms with Crippen LogP contribution in [0.25, 0.3) is 10.9 Å². The Kier molecular flexibility index (Phi) is 4.13. The SMILES string of the molecule is CC(C)Cn1ncc2cc([C@H](O)c3ccc(F)cc3F)ccc21. The second-order valence-electron chi connectivity index (χ2n) is 6.11. The highest BCUT2D eigenvalue weighted by Crippen LogP contribution is 2.27. The number of aliphatic hydroxyl groups excluding tert-OH is 1. The molecule has 3 nitrogen and oxygen atoms in total. The van der Waals surface area contributed by atoms with Crippen LogP contribution in [-0.2, 0) is 6.54 Å². The molecule has 0 spiro atoms. The van der Waals surface area contributed by atoms with Gasteiger partial charge in [-0.25, -0.2) is 8.78 Å². The van der Waals surface area contributed by atoms with Gasteiger partial charge in [-0.3, -0.25) is 4.68 Å². The molecule has 3 rings (SSSR count). The molecule has 0 aliphatic heterocycles. The fraction of sp³-hybridized carbons (Fsp3) is 0.278. The highest BCUT2D eigenvalue weighted by molar-refractivity contribution is 5.79. The van der Waals surface area contributed by atoms with E-state index in [1.54, 1.807) is 18.3 Å². The van der Waals surface area contributed by atoms with Crippen LogP contribution >= 0.6 is 0 Å². The van der Waals surface area contributed by atoms with E-state index in [-0.39, 0.29) is 5.56 Å². The third-order valence-corrected chi connectivity index (χ3v) is 3.78. The van der Waals surface area contributed by atoms with Gasteiger partial charge >= 0.3 is 0 Å². The van der Waals surface area contributed by atoms with Gasteiger partial charge in [0.05, 0.1) is 11.7 Å². The number of nitrogens with zero attached hydrogens (tertiary/aromatic N) is 2. The fourth-order valence-electron chi connectivity index (χ4n) is 2.67. The van der Waals surface area contributed by atoms with Crippen LogP contribution in [0.4, 0.5) is 8.78 Å². The molecule has 0 unspecified atom stereocenters. The van der Waals surface area contributed by atoms with Crippen LogP contribution in [0.15, 0.2) is 42.6 Å². The van der Waals surface area contributed by atoms with E-state index in [9.17, 15) is 13.9 Å². The molecule has 2 aromatic carbocycles. The monoisotopic (exact) mass is 316 g/mol. The third kappa shape index (κ3) is 3.10. The predicted octanol–water partition coefficient (Wildman–Crippen LogP) is 4.05. The van der Waals surface area contributed by atoms with Gasteiger partial charge in [-0.15, -0.1) is 0 Å². The molecule has 1 heterocycles. The standard InChI is InChI=1S/C18H18F2N2O/c1-11(2)10-22-17-6-3-12(7-13(17)9-21-22)18(23)15-5-4-14(19)8-16(15)20/h3-9,11,18,23H,10H2,1-2H3/t18-/m0/s1. The van der Waals surface area contributed by atoms with Crippen molar-refractivity contribution in [2.75, 3.05) is 0 Å². The Hall–Kier alpha value is -2.27. The van der Waals surface area contributed by atoms with E-state index in [0.29, 0.717) is 11.5 Å². The van der Waals surface area contributed by atoms with Crippen molar-refractivity contribution in [2.24, 2.45) is 5.92 Å². The van der Waals surface area contributed by atoms with Crippen molar-refractivity contribution < 1.29 is 13.9 Å². The number of rotatable bonds is 4. The Morgan fingerprint density at radius 3 is 2.61 bits per heavy atom. The van der Waals surface area contributed by atoms with Crippen LogP contribution < -0.4 is 0 Å². The molecule has 1 N–H and O–H groups in total. The first kappa shape index (κ1) is 15.6. The zero-order chi connectivity index (χ0) is 16.6. The number of fused-ring (bicyclic) bond motifs is 1. The summed E-state index contributed by atoms with van der Waals surface area (Å²) in [6.07, 6.45) is 0.586. The van der Waals surface area contributed by atoms with Crippen molar-refractivity contribution in [1.82, 2.24) is 9.78 Å². The van der Waals surface area contributed by atoms with Crippen molar-refractivity contribution in [1.29, 1.82) is 0 Å². The normalized spacial score (nSPS) is 13.0. The van der Waals surface area contributed by atoms with Crippen molar-refractivity contribution in [3.63, 3.8) is 0 Å². The maximum atomic E-state index is 13.8. The van der Waals surface area contributed by atoms with E-state index in [0.717, 1.165) is 29.6 Å². The van der Waals surface area contributed by atoms with Crippen LogP contribution in [0.5, 0.6) is 0 Å². The minimum Gasteiger partial charge on any atom is -0.384 e. The molecule has 0 aliphatic rings. The zero-order valence-electron chi connectivity index (χ0n) is 13.0. The lowest BCUT2D eigenvalue weighted by atomic mass is 10.00. The largest absolute Gasteiger partial charge is 0.384 e. The van der Waals surface area contributed by atoms with E-state index in [4.69, 9.17) is 0 Å². The molecule has 0 fully saturated rings. The number of aromatic nitrogens is 2. The maximum absolute atomic E-state index is 13.8. The average molecular weight is 316 g/mol. The molecule has 1 aromatic heterocycles. The topological polar surface area (TPSA) is 38.0 Å². The van der Waals surface area contributed by atoms with Gasteiger partial charge in [0.2, 0.25) is 0 Å². The molecule has 120 valence electrons. The van der Waals surface area contributed by atoms with Gasteiger partial charge in [0.1, 0.15) is 17.7 Å². The summed E-state index contributed by atoms with van der Waals surface area (Å²) in [5.74, 6) is -0.950. The molecule has 1 atom stereocenters. The summed E-state index contributed by atoms with van der Waals surface area (Å²) in [5.41, 5.74) is 1.57. The van der Waals surface area contributed by atoms with E-state index in [1.807, 2.05) is 10.7 Å². The molecular formula is C18H18F2N2O. The first-order valence-electron chi connectivity index (χ1n) is 7.54. The van der Waals surface area contributed by atoms with Crippen LogP contribution in [0.3, 0.4) is 0 Å². The van der Waals surface area contributed by atoms with Crippen LogP contribution in [0.2, 0.25) is 0 Å². The van der Waals surface area contributed by atoms with E-state index in [2.05, 4.69) is 18.9 Å². The second kappa shape index (κ2) is 6.08. The van der Waals surface area contributed by atoms with Gasteiger partial charge in [0.15, 0.2) is 0 Å². The molecule has 0 saturated heterocycles. The summed E-state index contributed by atoms with van der Waals surface area (Å²) < 4.78 is 28.7. The highest BCUT2D eigenvalue weighted by atomic mass is 19.1. The summed E-state index contributed by atoms with van der Waals surface area (Å²) in [6, 6.07) is 8.58. The lowest BCUT2D eigenvalue weighted by Crippen LogP contribution is -2.06. The van der Waals surface area contributed by atoms with Gasteiger partial charge < -0.3 is 5.11 Å². The first-order chi connectivity index (χ1) is 11.0. The summed E-state index contributed by atoms with van der Waals surface area (Å²) >= 11 is 0. The number of halogens is 2. The molecule has 0 radical (unpaired) electrons. The molecule has 0 aliphatic carbocycles. The minimum absolute atomic E-state index is 0.0559. The predicted molar refractivity (Wildman–Crippen MR) is 85.0 cm³/mol. The van der Waals surface area contributed by atoms with Crippen LogP contribution in [0.1, 0.15) is 31.1 Å². The second-order valence-corrected chi connectivity index (χ2v) is 6.11. The molecule has 0 saturated carbocycles. The fourth-order valence-corrected chi connectivity index (χ4v) is 2.67. The van der Waals surface area contributed by atoms with Crippen LogP contribution in [-0.4, -0.2) is 14.9 Å². The van der Waals surface area contributed by atoms with Gasteiger partial charge in [-0.05, 0) is 29.7 Å². The average Bonchev–Trinajstić information content (AvgIpc) is 2.88. The highest BCUT2D eigenvalue weighted by Gasteiger charge is 2.17. The van der Waals surface area contributed by atoms with Crippen LogP contribution in [0, 0.1) is 17.6 Å². The Bertz CT molecular complexity index is 842. The number of hydrogen-bond acceptors (Lipinski definition) is 2. The number of hydrogen-bond donors (Lipinski definition) is 1. The van der Waals surface area contributed by atoms with Gasteiger partial charge in [0, 0.05) is 23.6 Å². The summed E-state index contributed by atoms with van der Waals surface area (Å²) in [6.45, 7) is 5.03. The Labute approximate surface area is 133 Å². The lowest BCUT2D eigenvalue weighted by Gasteiger charge is -2.13. The van der Waals surface area contributed by atoms with Gasteiger partial charge in [-0.2, -0.15) is 5.10 Å². The molecule has 0 bridgehead atoms. The maximum Gasteiger partial charge on any atom is 0.132 e. The van der Waals surface area contributed by atoms with Gasteiger partial charge in [-0.1, -0.05) is 26.0 Å².